The molecule has 132 valence electrons. The van der Waals surface area contributed by atoms with Crippen LogP contribution in [0.5, 0.6) is 0 Å². The Balaban J connectivity index is 1.47. The summed E-state index contributed by atoms with van der Waals surface area (Å²) in [5.74, 6) is 1.41. The van der Waals surface area contributed by atoms with E-state index in [9.17, 15) is 4.79 Å². The highest BCUT2D eigenvalue weighted by atomic mass is 16.4. The van der Waals surface area contributed by atoms with E-state index in [4.69, 9.17) is 4.42 Å². The smallest absolute Gasteiger partial charge is 0.247 e. The molecule has 0 bridgehead atoms. The van der Waals surface area contributed by atoms with E-state index in [0.29, 0.717) is 30.4 Å². The van der Waals surface area contributed by atoms with Crippen LogP contribution < -0.4 is 0 Å². The summed E-state index contributed by atoms with van der Waals surface area (Å²) in [5, 5.41) is 8.42. The van der Waals surface area contributed by atoms with Crippen LogP contribution in [0.4, 0.5) is 0 Å². The third-order valence-corrected chi connectivity index (χ3v) is 5.39. The van der Waals surface area contributed by atoms with Crippen molar-refractivity contribution in [3.63, 3.8) is 0 Å². The molecule has 2 saturated heterocycles. The van der Waals surface area contributed by atoms with Crippen molar-refractivity contribution in [3.8, 4) is 11.5 Å². The van der Waals surface area contributed by atoms with E-state index in [1.165, 1.54) is 0 Å². The second-order valence-corrected chi connectivity index (χ2v) is 6.97. The van der Waals surface area contributed by atoms with Gasteiger partial charge in [-0.3, -0.25) is 9.69 Å². The topological polar surface area (TPSA) is 62.5 Å². The highest BCUT2D eigenvalue weighted by molar-refractivity contribution is 5.74. The van der Waals surface area contributed by atoms with Crippen LogP contribution in [0.3, 0.4) is 0 Å². The van der Waals surface area contributed by atoms with E-state index in [1.54, 1.807) is 6.92 Å². The number of benzene rings is 1. The third-order valence-electron chi connectivity index (χ3n) is 5.39. The van der Waals surface area contributed by atoms with Crippen molar-refractivity contribution in [1.29, 1.82) is 0 Å². The van der Waals surface area contributed by atoms with Crippen LogP contribution in [0.25, 0.3) is 11.5 Å². The van der Waals surface area contributed by atoms with Gasteiger partial charge in [-0.1, -0.05) is 18.2 Å². The fraction of sp³-hybridized carbons (Fsp3) is 0.526. The van der Waals surface area contributed by atoms with Crippen molar-refractivity contribution in [2.45, 2.75) is 51.2 Å². The molecule has 0 N–H and O–H groups in total. The maximum atomic E-state index is 11.9. The van der Waals surface area contributed by atoms with Crippen LogP contribution in [-0.4, -0.2) is 51.1 Å². The number of rotatable bonds is 4. The molecule has 6 nitrogen and oxygen atoms in total. The number of aromatic nitrogens is 2. The Labute approximate surface area is 147 Å². The molecule has 2 aromatic rings. The van der Waals surface area contributed by atoms with Crippen molar-refractivity contribution in [1.82, 2.24) is 20.0 Å². The second-order valence-electron chi connectivity index (χ2n) is 6.97. The number of carbonyl (C=O) groups excluding carboxylic acids is 1. The lowest BCUT2D eigenvalue weighted by molar-refractivity contribution is -0.130. The van der Waals surface area contributed by atoms with Gasteiger partial charge in [-0.25, -0.2) is 0 Å². The Morgan fingerprint density at radius 2 is 1.88 bits per heavy atom. The van der Waals surface area contributed by atoms with Gasteiger partial charge in [0.2, 0.25) is 17.7 Å². The summed E-state index contributed by atoms with van der Waals surface area (Å²) in [6.07, 6.45) is 4.49. The fourth-order valence-electron chi connectivity index (χ4n) is 4.26. The van der Waals surface area contributed by atoms with E-state index in [0.717, 1.165) is 44.3 Å². The molecule has 2 aliphatic rings. The van der Waals surface area contributed by atoms with E-state index in [1.807, 2.05) is 35.2 Å². The zero-order valence-corrected chi connectivity index (χ0v) is 14.6. The molecule has 2 aliphatic heterocycles. The largest absolute Gasteiger partial charge is 0.419 e. The molecule has 1 aromatic heterocycles. The number of nitrogens with zero attached hydrogens (tertiary/aromatic N) is 4. The minimum absolute atomic E-state index is 0.193. The Hall–Kier alpha value is -2.21. The molecule has 4 rings (SSSR count). The van der Waals surface area contributed by atoms with Crippen molar-refractivity contribution in [2.75, 3.05) is 13.1 Å². The Bertz CT molecular complexity index is 730. The van der Waals surface area contributed by atoms with Gasteiger partial charge in [0.25, 0.3) is 0 Å². The first-order valence-electron chi connectivity index (χ1n) is 9.11. The lowest BCUT2D eigenvalue weighted by Crippen LogP contribution is -2.47. The standard InChI is InChI=1S/C19H24N4O2/c1-14(24)23-12-6-10-17(23)16-9-5-11-22(16)13-18-20-21-19(25-18)15-7-3-2-4-8-15/h2-4,7-8,16-17H,5-6,9-13H2,1H3/t16-,17-/m1/s1. The number of hydrogen-bond donors (Lipinski definition) is 0. The van der Waals surface area contributed by atoms with Gasteiger partial charge in [0.05, 0.1) is 6.54 Å². The Morgan fingerprint density at radius 3 is 2.68 bits per heavy atom. The number of carbonyl (C=O) groups is 1. The molecule has 0 radical (unpaired) electrons. The molecule has 1 aromatic carbocycles. The van der Waals surface area contributed by atoms with Crippen molar-refractivity contribution in [3.05, 3.63) is 36.2 Å². The van der Waals surface area contributed by atoms with Crippen molar-refractivity contribution >= 4 is 5.91 Å². The lowest BCUT2D eigenvalue weighted by Gasteiger charge is -2.34. The fourth-order valence-corrected chi connectivity index (χ4v) is 4.26. The second kappa shape index (κ2) is 6.96. The molecule has 0 spiro atoms. The summed E-state index contributed by atoms with van der Waals surface area (Å²) in [6, 6.07) is 10.6. The molecule has 2 fully saturated rings. The maximum Gasteiger partial charge on any atom is 0.247 e. The van der Waals surface area contributed by atoms with Gasteiger partial charge in [0, 0.05) is 31.1 Å². The Morgan fingerprint density at radius 1 is 1.12 bits per heavy atom. The van der Waals surface area contributed by atoms with E-state index >= 15 is 0 Å². The number of hydrogen-bond acceptors (Lipinski definition) is 5. The number of likely N-dealkylation sites (tertiary alicyclic amines) is 2. The molecule has 6 heteroatoms. The SMILES string of the molecule is CC(=O)N1CCC[C@@H]1[C@H]1CCCN1Cc1nnc(-c2ccccc2)o1. The highest BCUT2D eigenvalue weighted by Crippen LogP contribution is 2.31. The first-order valence-corrected chi connectivity index (χ1v) is 9.11. The minimum Gasteiger partial charge on any atom is -0.419 e. The molecule has 1 amide bonds. The highest BCUT2D eigenvalue weighted by Gasteiger charge is 2.39. The van der Waals surface area contributed by atoms with Gasteiger partial charge >= 0.3 is 0 Å². The molecule has 0 unspecified atom stereocenters. The number of amides is 1. The van der Waals surface area contributed by atoms with Gasteiger partial charge < -0.3 is 9.32 Å². The molecule has 0 saturated carbocycles. The van der Waals surface area contributed by atoms with Crippen LogP contribution in [0.2, 0.25) is 0 Å². The van der Waals surface area contributed by atoms with E-state index in [2.05, 4.69) is 15.1 Å². The van der Waals surface area contributed by atoms with Crippen LogP contribution in [0, 0.1) is 0 Å². The first kappa shape index (κ1) is 16.3. The van der Waals surface area contributed by atoms with Crippen LogP contribution in [0.15, 0.2) is 34.7 Å². The van der Waals surface area contributed by atoms with Gasteiger partial charge in [-0.2, -0.15) is 0 Å². The monoisotopic (exact) mass is 340 g/mol. The van der Waals surface area contributed by atoms with Gasteiger partial charge in [-0.05, 0) is 44.4 Å². The lowest BCUT2D eigenvalue weighted by atomic mass is 10.0. The normalized spacial score (nSPS) is 24.1. The zero-order chi connectivity index (χ0) is 17.2. The molecule has 3 heterocycles. The summed E-state index contributed by atoms with van der Waals surface area (Å²) in [6.45, 7) is 4.26. The Kier molecular flexibility index (Phi) is 4.53. The first-order chi connectivity index (χ1) is 12.2. The molecular weight excluding hydrogens is 316 g/mol. The molecule has 25 heavy (non-hydrogen) atoms. The summed E-state index contributed by atoms with van der Waals surface area (Å²) in [5.41, 5.74) is 0.942. The molecule has 2 atom stereocenters. The van der Waals surface area contributed by atoms with Gasteiger partial charge in [0.15, 0.2) is 0 Å². The molecular formula is C19H24N4O2. The summed E-state index contributed by atoms with van der Waals surface area (Å²) < 4.78 is 5.87. The minimum atomic E-state index is 0.193. The predicted molar refractivity (Wildman–Crippen MR) is 93.6 cm³/mol. The van der Waals surface area contributed by atoms with Gasteiger partial charge in [-0.15, -0.1) is 10.2 Å². The average Bonchev–Trinajstić information content (AvgIpc) is 3.36. The van der Waals surface area contributed by atoms with Crippen LogP contribution in [-0.2, 0) is 11.3 Å². The summed E-state index contributed by atoms with van der Waals surface area (Å²) in [4.78, 5) is 16.4. The van der Waals surface area contributed by atoms with E-state index in [-0.39, 0.29) is 5.91 Å². The predicted octanol–water partition coefficient (Wildman–Crippen LogP) is 2.71. The van der Waals surface area contributed by atoms with E-state index < -0.39 is 0 Å². The maximum absolute atomic E-state index is 11.9. The van der Waals surface area contributed by atoms with Crippen LogP contribution >= 0.6 is 0 Å². The summed E-state index contributed by atoms with van der Waals surface area (Å²) in [7, 11) is 0. The van der Waals surface area contributed by atoms with Crippen molar-refractivity contribution < 1.29 is 9.21 Å². The molecule has 0 aliphatic carbocycles. The van der Waals surface area contributed by atoms with Crippen molar-refractivity contribution in [2.24, 2.45) is 0 Å². The zero-order valence-electron chi connectivity index (χ0n) is 14.6. The summed E-state index contributed by atoms with van der Waals surface area (Å²) >= 11 is 0. The van der Waals surface area contributed by atoms with Crippen LogP contribution in [0.1, 0.15) is 38.5 Å². The van der Waals surface area contributed by atoms with Gasteiger partial charge in [0.1, 0.15) is 0 Å². The average molecular weight is 340 g/mol. The third kappa shape index (κ3) is 3.31. The quantitative estimate of drug-likeness (QED) is 0.856.